The van der Waals surface area contributed by atoms with Crippen molar-refractivity contribution in [2.45, 2.75) is 51.8 Å². The first kappa shape index (κ1) is 15.8. The molecule has 0 amide bonds. The molecule has 1 fully saturated rings. The molecule has 1 aromatic rings. The summed E-state index contributed by atoms with van der Waals surface area (Å²) < 4.78 is 43.7. The molecule has 3 N–H and O–H groups in total. The summed E-state index contributed by atoms with van der Waals surface area (Å²) in [6.45, 7) is 4.35. The van der Waals surface area contributed by atoms with Gasteiger partial charge in [0.15, 0.2) is 0 Å². The van der Waals surface area contributed by atoms with Gasteiger partial charge in [-0.05, 0) is 31.1 Å². The normalized spacial score (nSPS) is 19.3. The van der Waals surface area contributed by atoms with Crippen molar-refractivity contribution in [2.75, 3.05) is 5.43 Å². The number of nitrogens with zero attached hydrogens (tertiary/aromatic N) is 2. The fourth-order valence-corrected chi connectivity index (χ4v) is 2.35. The average molecular weight is 304 g/mol. The number of nitrogens with one attached hydrogen (secondary N) is 1. The lowest BCUT2D eigenvalue weighted by atomic mass is 9.76. The van der Waals surface area contributed by atoms with Gasteiger partial charge in [-0.3, -0.25) is 0 Å². The number of rotatable bonds is 3. The predicted octanol–water partition coefficient (Wildman–Crippen LogP) is 3.13. The lowest BCUT2D eigenvalue weighted by Crippen LogP contribution is -2.29. The molecule has 0 aliphatic heterocycles. The van der Waals surface area contributed by atoms with Crippen LogP contribution in [0, 0.1) is 5.41 Å². The molecule has 21 heavy (non-hydrogen) atoms. The quantitative estimate of drug-likeness (QED) is 0.663. The third-order valence-electron chi connectivity index (χ3n) is 3.68. The van der Waals surface area contributed by atoms with Crippen LogP contribution in [0.1, 0.15) is 45.4 Å². The van der Waals surface area contributed by atoms with Crippen molar-refractivity contribution >= 4 is 5.82 Å². The van der Waals surface area contributed by atoms with E-state index in [0.29, 0.717) is 0 Å². The SMILES string of the molecule is CC1(C)CCC(Oc2cc(NN)nc(C(F)(F)F)n2)CC1. The Kier molecular flexibility index (Phi) is 4.27. The summed E-state index contributed by atoms with van der Waals surface area (Å²) in [6, 6.07) is 1.27. The number of ether oxygens (including phenoxy) is 1. The lowest BCUT2D eigenvalue weighted by Gasteiger charge is -2.34. The second kappa shape index (κ2) is 5.67. The molecule has 0 radical (unpaired) electrons. The number of hydrazine groups is 1. The molecule has 118 valence electrons. The van der Waals surface area contributed by atoms with Gasteiger partial charge >= 0.3 is 6.18 Å². The zero-order valence-electron chi connectivity index (χ0n) is 12.0. The maximum atomic E-state index is 12.7. The van der Waals surface area contributed by atoms with Crippen LogP contribution >= 0.6 is 0 Å². The summed E-state index contributed by atoms with van der Waals surface area (Å²) in [5.74, 6) is 3.65. The minimum Gasteiger partial charge on any atom is -0.474 e. The average Bonchev–Trinajstić information content (AvgIpc) is 2.40. The monoisotopic (exact) mass is 304 g/mol. The van der Waals surface area contributed by atoms with Crippen LogP contribution in [0.25, 0.3) is 0 Å². The van der Waals surface area contributed by atoms with E-state index in [1.807, 2.05) is 0 Å². The topological polar surface area (TPSA) is 73.1 Å². The highest BCUT2D eigenvalue weighted by molar-refractivity contribution is 5.37. The molecule has 1 aromatic heterocycles. The molecule has 0 atom stereocenters. The molecular formula is C13H19F3N4O. The number of anilines is 1. The molecule has 1 heterocycles. The third-order valence-corrected chi connectivity index (χ3v) is 3.68. The fourth-order valence-electron chi connectivity index (χ4n) is 2.35. The lowest BCUT2D eigenvalue weighted by molar-refractivity contribution is -0.145. The van der Waals surface area contributed by atoms with Gasteiger partial charge in [-0.25, -0.2) is 10.8 Å². The Morgan fingerprint density at radius 3 is 2.43 bits per heavy atom. The highest BCUT2D eigenvalue weighted by Gasteiger charge is 2.36. The van der Waals surface area contributed by atoms with Gasteiger partial charge in [0, 0.05) is 6.07 Å². The zero-order chi connectivity index (χ0) is 15.7. The van der Waals surface area contributed by atoms with E-state index in [-0.39, 0.29) is 23.2 Å². The number of nitrogen functional groups attached to an aromatic ring is 1. The molecule has 8 heteroatoms. The zero-order valence-corrected chi connectivity index (χ0v) is 12.0. The van der Waals surface area contributed by atoms with Crippen LogP contribution in [0.4, 0.5) is 19.0 Å². The second-order valence-electron chi connectivity index (χ2n) is 6.04. The number of halogens is 3. The number of aromatic nitrogens is 2. The summed E-state index contributed by atoms with van der Waals surface area (Å²) in [7, 11) is 0. The van der Waals surface area contributed by atoms with Crippen molar-refractivity contribution in [1.29, 1.82) is 0 Å². The summed E-state index contributed by atoms with van der Waals surface area (Å²) in [5, 5.41) is 0. The summed E-state index contributed by atoms with van der Waals surface area (Å²) >= 11 is 0. The van der Waals surface area contributed by atoms with E-state index in [4.69, 9.17) is 10.6 Å². The Balaban J connectivity index is 2.13. The van der Waals surface area contributed by atoms with Crippen LogP contribution in [0.15, 0.2) is 6.07 Å². The van der Waals surface area contributed by atoms with Gasteiger partial charge in [0.25, 0.3) is 0 Å². The van der Waals surface area contributed by atoms with E-state index in [1.165, 1.54) is 6.07 Å². The highest BCUT2D eigenvalue weighted by atomic mass is 19.4. The van der Waals surface area contributed by atoms with Crippen molar-refractivity contribution in [3.8, 4) is 5.88 Å². The minimum atomic E-state index is -4.64. The molecule has 5 nitrogen and oxygen atoms in total. The summed E-state index contributed by atoms with van der Waals surface area (Å²) in [6.07, 6.45) is -1.24. The first-order valence-corrected chi connectivity index (χ1v) is 6.79. The highest BCUT2D eigenvalue weighted by Crippen LogP contribution is 2.37. The molecule has 0 saturated heterocycles. The van der Waals surface area contributed by atoms with Crippen molar-refractivity contribution < 1.29 is 17.9 Å². The van der Waals surface area contributed by atoms with Gasteiger partial charge < -0.3 is 10.2 Å². The van der Waals surface area contributed by atoms with Crippen molar-refractivity contribution in [1.82, 2.24) is 9.97 Å². The molecule has 1 saturated carbocycles. The Labute approximate surface area is 121 Å². The van der Waals surface area contributed by atoms with Crippen LogP contribution in [0.3, 0.4) is 0 Å². The van der Waals surface area contributed by atoms with Crippen LogP contribution in [0.2, 0.25) is 0 Å². The van der Waals surface area contributed by atoms with Gasteiger partial charge in [0.1, 0.15) is 11.9 Å². The Hall–Kier alpha value is -1.57. The Bertz CT molecular complexity index is 495. The fraction of sp³-hybridized carbons (Fsp3) is 0.692. The van der Waals surface area contributed by atoms with E-state index in [1.54, 1.807) is 0 Å². The number of hydrogen-bond acceptors (Lipinski definition) is 5. The van der Waals surface area contributed by atoms with E-state index in [2.05, 4.69) is 29.2 Å². The van der Waals surface area contributed by atoms with E-state index in [9.17, 15) is 13.2 Å². The van der Waals surface area contributed by atoms with Crippen LogP contribution in [0.5, 0.6) is 5.88 Å². The number of alkyl halides is 3. The molecule has 0 bridgehead atoms. The number of nitrogens with two attached hydrogens (primary N) is 1. The first-order chi connectivity index (χ1) is 9.69. The Morgan fingerprint density at radius 2 is 1.90 bits per heavy atom. The predicted molar refractivity (Wildman–Crippen MR) is 71.5 cm³/mol. The maximum Gasteiger partial charge on any atom is 0.451 e. The minimum absolute atomic E-state index is 0.102. The van der Waals surface area contributed by atoms with E-state index < -0.39 is 12.0 Å². The largest absolute Gasteiger partial charge is 0.474 e. The number of hydrogen-bond donors (Lipinski definition) is 2. The van der Waals surface area contributed by atoms with Crippen LogP contribution in [-0.4, -0.2) is 16.1 Å². The van der Waals surface area contributed by atoms with Gasteiger partial charge in [-0.15, -0.1) is 0 Å². The molecule has 0 aromatic carbocycles. The Morgan fingerprint density at radius 1 is 1.29 bits per heavy atom. The van der Waals surface area contributed by atoms with E-state index in [0.717, 1.165) is 25.7 Å². The molecule has 0 spiro atoms. The summed E-state index contributed by atoms with van der Waals surface area (Å²) in [5.41, 5.74) is 2.36. The van der Waals surface area contributed by atoms with Gasteiger partial charge in [-0.2, -0.15) is 18.2 Å². The third kappa shape index (κ3) is 4.20. The van der Waals surface area contributed by atoms with Gasteiger partial charge in [-0.1, -0.05) is 13.8 Å². The smallest absolute Gasteiger partial charge is 0.451 e. The molecule has 1 aliphatic rings. The first-order valence-electron chi connectivity index (χ1n) is 6.79. The van der Waals surface area contributed by atoms with Gasteiger partial charge in [0.2, 0.25) is 11.7 Å². The molecule has 2 rings (SSSR count). The molecule has 0 unspecified atom stereocenters. The molecule has 1 aliphatic carbocycles. The van der Waals surface area contributed by atoms with Gasteiger partial charge in [0.05, 0.1) is 0 Å². The van der Waals surface area contributed by atoms with Crippen molar-refractivity contribution in [2.24, 2.45) is 11.3 Å². The van der Waals surface area contributed by atoms with Crippen LogP contribution in [-0.2, 0) is 6.18 Å². The van der Waals surface area contributed by atoms with Crippen molar-refractivity contribution in [3.63, 3.8) is 0 Å². The summed E-state index contributed by atoms with van der Waals surface area (Å²) in [4.78, 5) is 6.72. The van der Waals surface area contributed by atoms with Crippen molar-refractivity contribution in [3.05, 3.63) is 11.9 Å². The second-order valence-corrected chi connectivity index (χ2v) is 6.04. The molecular weight excluding hydrogens is 285 g/mol. The van der Waals surface area contributed by atoms with E-state index >= 15 is 0 Å². The maximum absolute atomic E-state index is 12.7. The van der Waals surface area contributed by atoms with Crippen LogP contribution < -0.4 is 16.0 Å². The standard InChI is InChI=1S/C13H19F3N4O/c1-12(2)5-3-8(4-6-12)21-10-7-9(20-17)18-11(19-10)13(14,15)16/h7-8H,3-6,17H2,1-2H3,(H,18,19,20).